The Labute approximate surface area is 117 Å². The van der Waals surface area contributed by atoms with Crippen LogP contribution >= 0.6 is 0 Å². The highest BCUT2D eigenvalue weighted by Gasteiger charge is 2.61. The molecule has 0 aromatic heterocycles. The van der Waals surface area contributed by atoms with Crippen molar-refractivity contribution in [2.45, 2.75) is 72.5 Å². The van der Waals surface area contributed by atoms with E-state index in [0.29, 0.717) is 23.9 Å². The van der Waals surface area contributed by atoms with Gasteiger partial charge in [-0.3, -0.25) is 4.79 Å². The number of hydrogen-bond acceptors (Lipinski definition) is 3. The lowest BCUT2D eigenvalue weighted by Gasteiger charge is -2.53. The number of hydrogen-bond donors (Lipinski definition) is 0. The second kappa shape index (κ2) is 5.08. The first-order chi connectivity index (χ1) is 8.72. The van der Waals surface area contributed by atoms with Crippen molar-refractivity contribution in [3.63, 3.8) is 0 Å². The lowest BCUT2D eigenvalue weighted by molar-refractivity contribution is -0.210. The molecule has 2 fully saturated rings. The number of carbonyl (C=O) groups excluding carboxylic acids is 1. The minimum atomic E-state index is -0.0346. The summed E-state index contributed by atoms with van der Waals surface area (Å²) < 4.78 is 11.4. The van der Waals surface area contributed by atoms with E-state index in [1.807, 2.05) is 0 Å². The standard InChI is InChI=1S/C16H28O3/c1-15(2,3)9-6-7-12(17)19-14-11-8-10-18-13(11)16(14,4)5/h11,13-14H,6-10H2,1-5H3/t11-,13+,14-/m1/s1. The summed E-state index contributed by atoms with van der Waals surface area (Å²) in [4.78, 5) is 11.9. The fraction of sp³-hybridized carbons (Fsp3) is 0.938. The second-order valence-corrected chi connectivity index (χ2v) is 7.89. The smallest absolute Gasteiger partial charge is 0.306 e. The molecule has 0 unspecified atom stereocenters. The number of carbonyl (C=O) groups is 1. The van der Waals surface area contributed by atoms with Gasteiger partial charge in [0, 0.05) is 24.4 Å². The van der Waals surface area contributed by atoms with Crippen molar-refractivity contribution >= 4 is 5.97 Å². The summed E-state index contributed by atoms with van der Waals surface area (Å²) in [6.45, 7) is 11.7. The van der Waals surface area contributed by atoms with E-state index in [4.69, 9.17) is 9.47 Å². The minimum absolute atomic E-state index is 0.0130. The van der Waals surface area contributed by atoms with Crippen molar-refractivity contribution < 1.29 is 14.3 Å². The van der Waals surface area contributed by atoms with Gasteiger partial charge in [-0.25, -0.2) is 0 Å². The molecule has 0 aromatic rings. The molecular weight excluding hydrogens is 240 g/mol. The zero-order valence-corrected chi connectivity index (χ0v) is 13.0. The normalized spacial score (nSPS) is 32.6. The molecule has 1 heterocycles. The highest BCUT2D eigenvalue weighted by molar-refractivity contribution is 5.69. The Balaban J connectivity index is 1.77. The van der Waals surface area contributed by atoms with E-state index in [-0.39, 0.29) is 17.5 Å². The van der Waals surface area contributed by atoms with Gasteiger partial charge in [0.05, 0.1) is 6.10 Å². The largest absolute Gasteiger partial charge is 0.461 e. The van der Waals surface area contributed by atoms with E-state index in [2.05, 4.69) is 34.6 Å². The van der Waals surface area contributed by atoms with Crippen LogP contribution in [0.2, 0.25) is 0 Å². The zero-order chi connectivity index (χ0) is 14.3. The Bertz CT molecular complexity index is 340. The third-order valence-corrected chi connectivity index (χ3v) is 4.56. The maximum absolute atomic E-state index is 11.9. The summed E-state index contributed by atoms with van der Waals surface area (Å²) in [5.41, 5.74) is 0.279. The molecule has 0 spiro atoms. The van der Waals surface area contributed by atoms with Gasteiger partial charge in [0.25, 0.3) is 0 Å². The van der Waals surface area contributed by atoms with Crippen molar-refractivity contribution in [3.05, 3.63) is 0 Å². The average molecular weight is 268 g/mol. The number of ether oxygens (including phenoxy) is 2. The highest BCUT2D eigenvalue weighted by Crippen LogP contribution is 2.53. The van der Waals surface area contributed by atoms with Gasteiger partial charge in [0.2, 0.25) is 0 Å². The van der Waals surface area contributed by atoms with Gasteiger partial charge in [0.15, 0.2) is 0 Å². The minimum Gasteiger partial charge on any atom is -0.461 e. The fourth-order valence-corrected chi connectivity index (χ4v) is 3.48. The van der Waals surface area contributed by atoms with E-state index in [9.17, 15) is 4.79 Å². The molecule has 0 bridgehead atoms. The van der Waals surface area contributed by atoms with Crippen molar-refractivity contribution in [2.24, 2.45) is 16.7 Å². The van der Waals surface area contributed by atoms with Gasteiger partial charge in [0.1, 0.15) is 6.10 Å². The third kappa shape index (κ3) is 3.13. The van der Waals surface area contributed by atoms with Crippen LogP contribution in [-0.4, -0.2) is 24.8 Å². The molecule has 2 aliphatic rings. The van der Waals surface area contributed by atoms with Crippen molar-refractivity contribution in [1.82, 2.24) is 0 Å². The average Bonchev–Trinajstić information content (AvgIpc) is 2.70. The van der Waals surface area contributed by atoms with Crippen LogP contribution in [0.1, 0.15) is 60.3 Å². The second-order valence-electron chi connectivity index (χ2n) is 7.89. The number of rotatable bonds is 4. The topological polar surface area (TPSA) is 35.5 Å². The lowest BCUT2D eigenvalue weighted by atomic mass is 9.59. The molecule has 2 rings (SSSR count). The van der Waals surface area contributed by atoms with Crippen molar-refractivity contribution in [2.75, 3.05) is 6.61 Å². The van der Waals surface area contributed by atoms with Crippen LogP contribution in [0.4, 0.5) is 0 Å². The Morgan fingerprint density at radius 1 is 1.37 bits per heavy atom. The molecule has 0 aromatic carbocycles. The van der Waals surface area contributed by atoms with Crippen LogP contribution in [-0.2, 0) is 14.3 Å². The van der Waals surface area contributed by atoms with Crippen LogP contribution in [0.15, 0.2) is 0 Å². The maximum Gasteiger partial charge on any atom is 0.306 e. The highest BCUT2D eigenvalue weighted by atomic mass is 16.6. The van der Waals surface area contributed by atoms with Crippen LogP contribution in [0, 0.1) is 16.7 Å². The monoisotopic (exact) mass is 268 g/mol. The van der Waals surface area contributed by atoms with E-state index in [0.717, 1.165) is 25.9 Å². The summed E-state index contributed by atoms with van der Waals surface area (Å²) in [5.74, 6) is 0.397. The molecule has 1 aliphatic heterocycles. The van der Waals surface area contributed by atoms with Gasteiger partial charge in [-0.1, -0.05) is 34.6 Å². The van der Waals surface area contributed by atoms with Gasteiger partial charge >= 0.3 is 5.97 Å². The molecule has 3 atom stereocenters. The van der Waals surface area contributed by atoms with Gasteiger partial charge in [-0.05, 0) is 24.7 Å². The fourth-order valence-electron chi connectivity index (χ4n) is 3.48. The molecule has 1 saturated heterocycles. The summed E-state index contributed by atoms with van der Waals surface area (Å²) >= 11 is 0. The molecule has 0 radical (unpaired) electrons. The summed E-state index contributed by atoms with van der Waals surface area (Å²) in [7, 11) is 0. The number of fused-ring (bicyclic) bond motifs is 1. The Morgan fingerprint density at radius 3 is 2.68 bits per heavy atom. The quantitative estimate of drug-likeness (QED) is 0.731. The lowest BCUT2D eigenvalue weighted by Crippen LogP contribution is -2.61. The first-order valence-corrected chi connectivity index (χ1v) is 7.53. The molecule has 1 aliphatic carbocycles. The Morgan fingerprint density at radius 2 is 2.05 bits per heavy atom. The van der Waals surface area contributed by atoms with Crippen LogP contribution in [0.3, 0.4) is 0 Å². The zero-order valence-electron chi connectivity index (χ0n) is 13.0. The molecule has 3 nitrogen and oxygen atoms in total. The van der Waals surface area contributed by atoms with Gasteiger partial charge in [-0.2, -0.15) is 0 Å². The van der Waals surface area contributed by atoms with E-state index in [1.54, 1.807) is 0 Å². The van der Waals surface area contributed by atoms with Gasteiger partial charge in [-0.15, -0.1) is 0 Å². The predicted octanol–water partition coefficient (Wildman–Crippen LogP) is 3.56. The van der Waals surface area contributed by atoms with Crippen molar-refractivity contribution in [3.8, 4) is 0 Å². The van der Waals surface area contributed by atoms with Crippen LogP contribution in [0.25, 0.3) is 0 Å². The predicted molar refractivity (Wildman–Crippen MR) is 74.8 cm³/mol. The molecule has 3 heteroatoms. The van der Waals surface area contributed by atoms with E-state index < -0.39 is 0 Å². The Kier molecular flexibility index (Phi) is 3.97. The van der Waals surface area contributed by atoms with E-state index >= 15 is 0 Å². The molecule has 0 N–H and O–H groups in total. The van der Waals surface area contributed by atoms with Crippen LogP contribution in [0.5, 0.6) is 0 Å². The summed E-state index contributed by atoms with van der Waals surface area (Å²) in [6, 6.07) is 0. The maximum atomic E-state index is 11.9. The van der Waals surface area contributed by atoms with Crippen molar-refractivity contribution in [1.29, 1.82) is 0 Å². The van der Waals surface area contributed by atoms with Crippen LogP contribution < -0.4 is 0 Å². The first-order valence-electron chi connectivity index (χ1n) is 7.53. The van der Waals surface area contributed by atoms with Gasteiger partial charge < -0.3 is 9.47 Å². The Hall–Kier alpha value is -0.570. The van der Waals surface area contributed by atoms with E-state index in [1.165, 1.54) is 0 Å². The third-order valence-electron chi connectivity index (χ3n) is 4.56. The number of esters is 1. The molecule has 1 saturated carbocycles. The molecule has 0 amide bonds. The SMILES string of the molecule is CC(C)(C)CCCC(=O)O[C@@H]1[C@@H]2CCO[C@@H]2C1(C)C. The summed E-state index contributed by atoms with van der Waals surface area (Å²) in [5, 5.41) is 0. The molecular formula is C16H28O3. The first kappa shape index (κ1) is 14.8. The molecule has 110 valence electrons. The molecule has 19 heavy (non-hydrogen) atoms. The summed E-state index contributed by atoms with van der Waals surface area (Å²) in [6.07, 6.45) is 3.91.